The molecule has 2 aromatic heterocycles. The van der Waals surface area contributed by atoms with Gasteiger partial charge in [0.25, 0.3) is 0 Å². The molecule has 0 aliphatic rings. The lowest BCUT2D eigenvalue weighted by Crippen LogP contribution is -2.06. The van der Waals surface area contributed by atoms with Gasteiger partial charge in [-0.2, -0.15) is 0 Å². The number of benzene rings is 3. The van der Waals surface area contributed by atoms with E-state index in [0.29, 0.717) is 0 Å². The molecule has 5 rings (SSSR count). The number of hydrogen-bond donors (Lipinski definition) is 1. The Morgan fingerprint density at radius 1 is 0.794 bits per heavy atom. The molecule has 0 fully saturated rings. The molecule has 0 aliphatic heterocycles. The summed E-state index contributed by atoms with van der Waals surface area (Å²) in [5.74, 6) is 1.60. The van der Waals surface area contributed by atoms with Gasteiger partial charge in [-0.3, -0.25) is 0 Å². The standard InChI is InChI=1S/C28H23ClN4S/c1-18-25(16-20-6-4-3-5-7-20)27(31-19(2)30-18)32-24-14-10-21(11-15-24)26-17-34-28(33-26)22-8-12-23(29)13-9-22/h3-15,17H,16H2,1-2H3,(H,30,31,32). The van der Waals surface area contributed by atoms with Gasteiger partial charge in [0.15, 0.2) is 0 Å². The summed E-state index contributed by atoms with van der Waals surface area (Å²) in [7, 11) is 0. The average molecular weight is 483 g/mol. The van der Waals surface area contributed by atoms with Gasteiger partial charge in [-0.1, -0.05) is 66.2 Å². The first-order valence-corrected chi connectivity index (χ1v) is 12.3. The van der Waals surface area contributed by atoms with E-state index < -0.39 is 0 Å². The van der Waals surface area contributed by atoms with Crippen molar-refractivity contribution in [3.8, 4) is 21.8 Å². The molecular formula is C28H23ClN4S. The van der Waals surface area contributed by atoms with Crippen LogP contribution in [0.5, 0.6) is 0 Å². The first-order chi connectivity index (χ1) is 16.5. The molecule has 1 N–H and O–H groups in total. The fraction of sp³-hybridized carbons (Fsp3) is 0.107. The third kappa shape index (κ3) is 5.01. The highest BCUT2D eigenvalue weighted by Gasteiger charge is 2.12. The number of nitrogens with zero attached hydrogens (tertiary/aromatic N) is 3. The van der Waals surface area contributed by atoms with E-state index in [1.165, 1.54) is 5.56 Å². The van der Waals surface area contributed by atoms with Crippen LogP contribution < -0.4 is 5.32 Å². The molecule has 0 aliphatic carbocycles. The number of hydrogen-bond acceptors (Lipinski definition) is 5. The summed E-state index contributed by atoms with van der Waals surface area (Å²) in [5, 5.41) is 7.30. The van der Waals surface area contributed by atoms with Crippen LogP contribution in [0.15, 0.2) is 84.2 Å². The zero-order chi connectivity index (χ0) is 23.5. The van der Waals surface area contributed by atoms with Gasteiger partial charge in [0.05, 0.1) is 5.69 Å². The van der Waals surface area contributed by atoms with E-state index in [9.17, 15) is 0 Å². The van der Waals surface area contributed by atoms with Crippen LogP contribution in [0, 0.1) is 13.8 Å². The Bertz CT molecular complexity index is 1410. The van der Waals surface area contributed by atoms with Crippen LogP contribution in [0.3, 0.4) is 0 Å². The van der Waals surface area contributed by atoms with E-state index in [1.54, 1.807) is 11.3 Å². The Balaban J connectivity index is 1.37. The van der Waals surface area contributed by atoms with E-state index in [1.807, 2.05) is 44.2 Å². The van der Waals surface area contributed by atoms with Crippen molar-refractivity contribution in [1.82, 2.24) is 15.0 Å². The molecule has 6 heteroatoms. The summed E-state index contributed by atoms with van der Waals surface area (Å²) in [6, 6.07) is 26.5. The molecule has 34 heavy (non-hydrogen) atoms. The Hall–Kier alpha value is -3.54. The summed E-state index contributed by atoms with van der Waals surface area (Å²) in [5.41, 5.74) is 7.40. The van der Waals surface area contributed by atoms with E-state index in [2.05, 4.69) is 64.2 Å². The fourth-order valence-corrected chi connectivity index (χ4v) is 4.80. The Morgan fingerprint density at radius 3 is 2.24 bits per heavy atom. The maximum absolute atomic E-state index is 6.01. The predicted molar refractivity (Wildman–Crippen MR) is 142 cm³/mol. The molecule has 0 saturated heterocycles. The molecule has 0 unspecified atom stereocenters. The Morgan fingerprint density at radius 2 is 1.50 bits per heavy atom. The third-order valence-electron chi connectivity index (χ3n) is 5.59. The minimum atomic E-state index is 0.726. The van der Waals surface area contributed by atoms with E-state index in [0.717, 1.165) is 61.9 Å². The second kappa shape index (κ2) is 9.75. The summed E-state index contributed by atoms with van der Waals surface area (Å²) < 4.78 is 0. The van der Waals surface area contributed by atoms with Crippen LogP contribution in [-0.2, 0) is 6.42 Å². The first-order valence-electron chi connectivity index (χ1n) is 11.0. The molecular weight excluding hydrogens is 460 g/mol. The zero-order valence-electron chi connectivity index (χ0n) is 18.9. The van der Waals surface area contributed by atoms with Gasteiger partial charge in [0.1, 0.15) is 16.6 Å². The second-order valence-electron chi connectivity index (χ2n) is 8.09. The first kappa shape index (κ1) is 22.3. The number of rotatable bonds is 6. The molecule has 168 valence electrons. The molecule has 0 spiro atoms. The number of aromatic nitrogens is 3. The molecule has 4 nitrogen and oxygen atoms in total. The lowest BCUT2D eigenvalue weighted by Gasteiger charge is -2.14. The molecule has 5 aromatic rings. The van der Waals surface area contributed by atoms with E-state index in [4.69, 9.17) is 21.6 Å². The highest BCUT2D eigenvalue weighted by Crippen LogP contribution is 2.31. The highest BCUT2D eigenvalue weighted by atomic mass is 35.5. The van der Waals surface area contributed by atoms with Crippen LogP contribution >= 0.6 is 22.9 Å². The lowest BCUT2D eigenvalue weighted by atomic mass is 10.0. The van der Waals surface area contributed by atoms with Crippen molar-refractivity contribution in [3.05, 3.63) is 112 Å². The topological polar surface area (TPSA) is 50.7 Å². The second-order valence-corrected chi connectivity index (χ2v) is 9.39. The number of halogens is 1. The smallest absolute Gasteiger partial charge is 0.137 e. The fourth-order valence-electron chi connectivity index (χ4n) is 3.84. The summed E-state index contributed by atoms with van der Waals surface area (Å²) in [6.07, 6.45) is 0.777. The van der Waals surface area contributed by atoms with Crippen molar-refractivity contribution in [1.29, 1.82) is 0 Å². The maximum atomic E-state index is 6.01. The monoisotopic (exact) mass is 482 g/mol. The van der Waals surface area contributed by atoms with Gasteiger partial charge in [-0.25, -0.2) is 15.0 Å². The van der Waals surface area contributed by atoms with Crippen LogP contribution in [0.2, 0.25) is 5.02 Å². The normalized spacial score (nSPS) is 10.9. The van der Waals surface area contributed by atoms with Gasteiger partial charge in [0, 0.05) is 44.9 Å². The molecule has 0 bridgehead atoms. The Labute approximate surface area is 208 Å². The third-order valence-corrected chi connectivity index (χ3v) is 6.73. The number of aryl methyl sites for hydroxylation is 2. The summed E-state index contributed by atoms with van der Waals surface area (Å²) >= 11 is 7.64. The van der Waals surface area contributed by atoms with Crippen molar-refractivity contribution >= 4 is 34.4 Å². The van der Waals surface area contributed by atoms with Gasteiger partial charge >= 0.3 is 0 Å². The largest absolute Gasteiger partial charge is 0.340 e. The van der Waals surface area contributed by atoms with Crippen molar-refractivity contribution in [2.45, 2.75) is 20.3 Å². The van der Waals surface area contributed by atoms with Crippen LogP contribution in [0.25, 0.3) is 21.8 Å². The Kier molecular flexibility index (Phi) is 6.39. The molecule has 0 amide bonds. The number of thiazole rings is 1. The molecule has 2 heterocycles. The van der Waals surface area contributed by atoms with Crippen molar-refractivity contribution in [2.75, 3.05) is 5.32 Å². The van der Waals surface area contributed by atoms with Crippen LogP contribution in [0.4, 0.5) is 11.5 Å². The number of nitrogens with one attached hydrogen (secondary N) is 1. The lowest BCUT2D eigenvalue weighted by molar-refractivity contribution is 0.965. The maximum Gasteiger partial charge on any atom is 0.137 e. The van der Waals surface area contributed by atoms with Gasteiger partial charge in [0.2, 0.25) is 0 Å². The van der Waals surface area contributed by atoms with Gasteiger partial charge in [-0.15, -0.1) is 11.3 Å². The quantitative estimate of drug-likeness (QED) is 0.267. The van der Waals surface area contributed by atoms with Gasteiger partial charge in [-0.05, 0) is 43.7 Å². The molecule has 3 aromatic carbocycles. The highest BCUT2D eigenvalue weighted by molar-refractivity contribution is 7.13. The van der Waals surface area contributed by atoms with Crippen LogP contribution in [-0.4, -0.2) is 15.0 Å². The average Bonchev–Trinajstić information content (AvgIpc) is 3.33. The van der Waals surface area contributed by atoms with Crippen molar-refractivity contribution in [2.24, 2.45) is 0 Å². The SMILES string of the molecule is Cc1nc(C)c(Cc2ccccc2)c(Nc2ccc(-c3csc(-c4ccc(Cl)cc4)n3)cc2)n1. The minimum absolute atomic E-state index is 0.726. The number of anilines is 2. The molecule has 0 atom stereocenters. The van der Waals surface area contributed by atoms with Crippen molar-refractivity contribution < 1.29 is 0 Å². The molecule has 0 saturated carbocycles. The van der Waals surface area contributed by atoms with E-state index in [-0.39, 0.29) is 0 Å². The van der Waals surface area contributed by atoms with E-state index >= 15 is 0 Å². The van der Waals surface area contributed by atoms with Crippen molar-refractivity contribution in [3.63, 3.8) is 0 Å². The van der Waals surface area contributed by atoms with Crippen LogP contribution in [0.1, 0.15) is 22.6 Å². The van der Waals surface area contributed by atoms with Gasteiger partial charge < -0.3 is 5.32 Å². The minimum Gasteiger partial charge on any atom is -0.340 e. The molecule has 0 radical (unpaired) electrons. The summed E-state index contributed by atoms with van der Waals surface area (Å²) in [4.78, 5) is 14.1. The zero-order valence-corrected chi connectivity index (χ0v) is 20.5. The predicted octanol–water partition coefficient (Wildman–Crippen LogP) is 7.87. The summed E-state index contributed by atoms with van der Waals surface area (Å²) in [6.45, 7) is 3.97.